The Bertz CT molecular complexity index is 1130. The lowest BCUT2D eigenvalue weighted by Gasteiger charge is -2.33. The molecule has 0 aliphatic carbocycles. The van der Waals surface area contributed by atoms with E-state index in [1.54, 1.807) is 36.2 Å². The molecule has 0 saturated carbocycles. The molecule has 0 spiro atoms. The number of amides is 1. The molecule has 8 nitrogen and oxygen atoms in total. The van der Waals surface area contributed by atoms with Gasteiger partial charge in [-0.25, -0.2) is 8.42 Å². The number of nitrogens with zero attached hydrogens (tertiary/aromatic N) is 3. The minimum absolute atomic E-state index is 0.0968. The van der Waals surface area contributed by atoms with E-state index < -0.39 is 16.1 Å². The molecule has 9 heteroatoms. The van der Waals surface area contributed by atoms with Crippen molar-refractivity contribution in [1.82, 2.24) is 9.21 Å². The number of sulfonamides is 1. The molecule has 2 aromatic carbocycles. The van der Waals surface area contributed by atoms with Crippen LogP contribution in [0.15, 0.2) is 47.4 Å². The number of carbonyl (C=O) groups is 1. The van der Waals surface area contributed by atoms with Crippen LogP contribution in [0.25, 0.3) is 0 Å². The largest absolute Gasteiger partial charge is 0.488 e. The molecule has 0 unspecified atom stereocenters. The van der Waals surface area contributed by atoms with Crippen LogP contribution in [-0.4, -0.2) is 81.6 Å². The molecule has 1 N–H and O–H groups in total. The van der Waals surface area contributed by atoms with Gasteiger partial charge in [0.2, 0.25) is 15.9 Å². The molecule has 192 valence electrons. The monoisotopic (exact) mass is 503 g/mol. The topological polar surface area (TPSA) is 90.4 Å². The molecule has 1 aliphatic heterocycles. The summed E-state index contributed by atoms with van der Waals surface area (Å²) in [6, 6.07) is 12.1. The van der Waals surface area contributed by atoms with E-state index in [4.69, 9.17) is 4.74 Å². The maximum Gasteiger partial charge on any atom is 0.242 e. The van der Waals surface area contributed by atoms with Crippen LogP contribution in [0.1, 0.15) is 25.0 Å². The third kappa shape index (κ3) is 6.15. The summed E-state index contributed by atoms with van der Waals surface area (Å²) in [5.74, 6) is 0.281. The zero-order valence-corrected chi connectivity index (χ0v) is 22.2. The highest BCUT2D eigenvalue weighted by Crippen LogP contribution is 2.30. The Kier molecular flexibility index (Phi) is 8.46. The van der Waals surface area contributed by atoms with Gasteiger partial charge in [0, 0.05) is 44.9 Å². The summed E-state index contributed by atoms with van der Waals surface area (Å²) in [4.78, 5) is 17.1. The molecule has 0 saturated heterocycles. The SMILES string of the molecule is Cc1ccc(S(=O)(=O)N(C)C[C@H]2Oc3ccc(N(C)C)cc3CC(=O)N([C@@H](C)CO)C[C@@H]2C)cc1. The highest BCUT2D eigenvalue weighted by Gasteiger charge is 2.33. The van der Waals surface area contributed by atoms with Crippen LogP contribution in [0.4, 0.5) is 5.69 Å². The minimum atomic E-state index is -3.72. The van der Waals surface area contributed by atoms with Crippen LogP contribution >= 0.6 is 0 Å². The van der Waals surface area contributed by atoms with E-state index >= 15 is 0 Å². The molecule has 3 atom stereocenters. The number of anilines is 1. The summed E-state index contributed by atoms with van der Waals surface area (Å²) in [5.41, 5.74) is 2.65. The lowest BCUT2D eigenvalue weighted by atomic mass is 10.0. The first-order valence-corrected chi connectivity index (χ1v) is 13.3. The molecular formula is C26H37N3O5S. The lowest BCUT2D eigenvalue weighted by molar-refractivity contribution is -0.134. The smallest absolute Gasteiger partial charge is 0.242 e. The number of aliphatic hydroxyl groups excluding tert-OH is 1. The number of hydrogen-bond donors (Lipinski definition) is 1. The maximum absolute atomic E-state index is 13.2. The number of aliphatic hydroxyl groups is 1. The zero-order valence-electron chi connectivity index (χ0n) is 21.4. The molecule has 35 heavy (non-hydrogen) atoms. The van der Waals surface area contributed by atoms with Gasteiger partial charge in [-0.3, -0.25) is 4.79 Å². The molecule has 0 fully saturated rings. The normalized spacial score (nSPS) is 19.9. The summed E-state index contributed by atoms with van der Waals surface area (Å²) in [6.07, 6.45) is -0.373. The van der Waals surface area contributed by atoms with E-state index in [0.717, 1.165) is 16.8 Å². The molecule has 1 amide bonds. The minimum Gasteiger partial charge on any atom is -0.488 e. The van der Waals surface area contributed by atoms with E-state index in [9.17, 15) is 18.3 Å². The third-order valence-corrected chi connectivity index (χ3v) is 8.42. The van der Waals surface area contributed by atoms with Gasteiger partial charge in [-0.1, -0.05) is 24.6 Å². The van der Waals surface area contributed by atoms with Gasteiger partial charge in [0.05, 0.1) is 30.5 Å². The van der Waals surface area contributed by atoms with Crippen molar-refractivity contribution in [3.63, 3.8) is 0 Å². The first-order chi connectivity index (χ1) is 16.4. The molecule has 0 radical (unpaired) electrons. The number of ether oxygens (including phenoxy) is 1. The van der Waals surface area contributed by atoms with Crippen molar-refractivity contribution in [2.45, 2.75) is 44.2 Å². The van der Waals surface area contributed by atoms with E-state index in [2.05, 4.69) is 0 Å². The van der Waals surface area contributed by atoms with E-state index in [-0.39, 0.29) is 42.3 Å². The number of hydrogen-bond acceptors (Lipinski definition) is 6. The summed E-state index contributed by atoms with van der Waals surface area (Å²) in [6.45, 7) is 5.97. The second-order valence-corrected chi connectivity index (χ2v) is 11.7. The van der Waals surface area contributed by atoms with Crippen molar-refractivity contribution in [3.05, 3.63) is 53.6 Å². The number of benzene rings is 2. The number of likely N-dealkylation sites (N-methyl/N-ethyl adjacent to an activating group) is 1. The Morgan fingerprint density at radius 1 is 1.14 bits per heavy atom. The van der Waals surface area contributed by atoms with Crippen LogP contribution in [0.3, 0.4) is 0 Å². The predicted octanol–water partition coefficient (Wildman–Crippen LogP) is 2.53. The molecular weight excluding hydrogens is 466 g/mol. The number of aryl methyl sites for hydroxylation is 1. The van der Waals surface area contributed by atoms with Crippen LogP contribution < -0.4 is 9.64 Å². The predicted molar refractivity (Wildman–Crippen MR) is 137 cm³/mol. The highest BCUT2D eigenvalue weighted by molar-refractivity contribution is 7.89. The van der Waals surface area contributed by atoms with Crippen molar-refractivity contribution >= 4 is 21.6 Å². The fraction of sp³-hybridized carbons (Fsp3) is 0.500. The Balaban J connectivity index is 1.97. The first kappa shape index (κ1) is 27.0. The van der Waals surface area contributed by atoms with Gasteiger partial charge >= 0.3 is 0 Å². The Morgan fingerprint density at radius 2 is 1.80 bits per heavy atom. The fourth-order valence-corrected chi connectivity index (χ4v) is 5.34. The number of carbonyl (C=O) groups excluding carboxylic acids is 1. The van der Waals surface area contributed by atoms with Gasteiger partial charge in [0.15, 0.2) is 0 Å². The zero-order chi connectivity index (χ0) is 25.9. The summed E-state index contributed by atoms with van der Waals surface area (Å²) in [5, 5.41) is 9.78. The Morgan fingerprint density at radius 3 is 2.40 bits per heavy atom. The van der Waals surface area contributed by atoms with Gasteiger partial charge in [0.25, 0.3) is 0 Å². The lowest BCUT2D eigenvalue weighted by Crippen LogP contribution is -2.48. The van der Waals surface area contributed by atoms with E-state index in [0.29, 0.717) is 12.3 Å². The fourth-order valence-electron chi connectivity index (χ4n) is 4.15. The van der Waals surface area contributed by atoms with Crippen LogP contribution in [0.2, 0.25) is 0 Å². The van der Waals surface area contributed by atoms with Gasteiger partial charge in [-0.05, 0) is 44.2 Å². The molecule has 0 bridgehead atoms. The second-order valence-electron chi connectivity index (χ2n) is 9.67. The second kappa shape index (κ2) is 11.0. The quantitative estimate of drug-likeness (QED) is 0.625. The van der Waals surface area contributed by atoms with Crippen LogP contribution in [-0.2, 0) is 21.2 Å². The third-order valence-electron chi connectivity index (χ3n) is 6.58. The molecule has 1 heterocycles. The number of fused-ring (bicyclic) bond motifs is 1. The Labute approximate surface area is 209 Å². The van der Waals surface area contributed by atoms with Crippen LogP contribution in [0.5, 0.6) is 5.75 Å². The van der Waals surface area contributed by atoms with Crippen molar-refractivity contribution in [2.75, 3.05) is 45.7 Å². The molecule has 0 aromatic heterocycles. The summed E-state index contributed by atoms with van der Waals surface area (Å²) >= 11 is 0. The number of rotatable bonds is 7. The maximum atomic E-state index is 13.2. The Hall–Kier alpha value is -2.62. The average Bonchev–Trinajstić information content (AvgIpc) is 2.86. The van der Waals surface area contributed by atoms with Gasteiger partial charge in [-0.15, -0.1) is 0 Å². The van der Waals surface area contributed by atoms with Gasteiger partial charge in [-0.2, -0.15) is 4.31 Å². The van der Waals surface area contributed by atoms with Crippen molar-refractivity contribution in [2.24, 2.45) is 5.92 Å². The van der Waals surface area contributed by atoms with Gasteiger partial charge in [0.1, 0.15) is 11.9 Å². The summed E-state index contributed by atoms with van der Waals surface area (Å²) in [7, 11) is 1.68. The summed E-state index contributed by atoms with van der Waals surface area (Å²) < 4.78 is 34.2. The average molecular weight is 504 g/mol. The van der Waals surface area contributed by atoms with E-state index in [1.165, 1.54) is 4.31 Å². The van der Waals surface area contributed by atoms with E-state index in [1.807, 2.05) is 58.0 Å². The van der Waals surface area contributed by atoms with Crippen molar-refractivity contribution in [3.8, 4) is 5.75 Å². The van der Waals surface area contributed by atoms with Crippen molar-refractivity contribution in [1.29, 1.82) is 0 Å². The van der Waals surface area contributed by atoms with Gasteiger partial charge < -0.3 is 19.6 Å². The first-order valence-electron chi connectivity index (χ1n) is 11.8. The standard InChI is InChI=1S/C26H37N3O5S/c1-18-7-10-23(11-8-18)35(32,33)28(6)16-25-19(2)15-29(20(3)17-30)26(31)14-21-13-22(27(4)5)9-12-24(21)34-25/h7-13,19-20,25,30H,14-17H2,1-6H3/t19-,20-,25+/m0/s1. The molecule has 1 aliphatic rings. The molecule has 2 aromatic rings. The highest BCUT2D eigenvalue weighted by atomic mass is 32.2. The molecule has 3 rings (SSSR count). The van der Waals surface area contributed by atoms with Crippen LogP contribution in [0, 0.1) is 12.8 Å². The van der Waals surface area contributed by atoms with Crippen molar-refractivity contribution < 1.29 is 23.1 Å².